The quantitative estimate of drug-likeness (QED) is 0.873. The highest BCUT2D eigenvalue weighted by Crippen LogP contribution is 2.22. The maximum absolute atomic E-state index is 5.46. The maximum atomic E-state index is 5.46. The fourth-order valence-corrected chi connectivity index (χ4v) is 2.83. The number of hydrogen-bond donors (Lipinski definition) is 1. The van der Waals surface area contributed by atoms with Crippen LogP contribution in [-0.2, 0) is 12.8 Å². The lowest BCUT2D eigenvalue weighted by Crippen LogP contribution is -2.30. The molecule has 2 rings (SSSR count). The van der Waals surface area contributed by atoms with Crippen molar-refractivity contribution < 1.29 is 4.74 Å². The van der Waals surface area contributed by atoms with Crippen molar-refractivity contribution in [3.05, 3.63) is 64.7 Å². The second-order valence-electron chi connectivity index (χ2n) is 5.58. The van der Waals surface area contributed by atoms with Gasteiger partial charge in [-0.3, -0.25) is 0 Å². The molecule has 0 aromatic heterocycles. The first-order chi connectivity index (χ1) is 10.2. The van der Waals surface area contributed by atoms with Gasteiger partial charge in [0.25, 0.3) is 0 Å². The molecule has 0 spiro atoms. The minimum Gasteiger partial charge on any atom is -0.496 e. The first kappa shape index (κ1) is 15.6. The molecule has 0 aliphatic carbocycles. The van der Waals surface area contributed by atoms with E-state index in [1.165, 1.54) is 22.3 Å². The minimum atomic E-state index is 0.404. The van der Waals surface area contributed by atoms with Crippen LogP contribution in [0.5, 0.6) is 5.75 Å². The molecule has 0 radical (unpaired) electrons. The highest BCUT2D eigenvalue weighted by atomic mass is 16.5. The van der Waals surface area contributed by atoms with Gasteiger partial charge in [-0.25, -0.2) is 0 Å². The second kappa shape index (κ2) is 7.28. The third kappa shape index (κ3) is 3.85. The summed E-state index contributed by atoms with van der Waals surface area (Å²) in [6, 6.07) is 15.2. The van der Waals surface area contributed by atoms with Gasteiger partial charge < -0.3 is 10.1 Å². The normalized spacial score (nSPS) is 12.2. The number of nitrogens with one attached hydrogen (secondary N) is 1. The Morgan fingerprint density at radius 3 is 2.24 bits per heavy atom. The fraction of sp³-hybridized carbons (Fsp3) is 0.368. The van der Waals surface area contributed by atoms with E-state index in [0.717, 1.165) is 18.6 Å². The molecule has 0 aliphatic heterocycles. The molecule has 112 valence electrons. The summed E-state index contributed by atoms with van der Waals surface area (Å²) in [6.07, 6.45) is 2.00. The van der Waals surface area contributed by atoms with E-state index in [4.69, 9.17) is 4.74 Å². The van der Waals surface area contributed by atoms with Crippen LogP contribution in [0.1, 0.15) is 22.3 Å². The Morgan fingerprint density at radius 2 is 1.62 bits per heavy atom. The zero-order valence-corrected chi connectivity index (χ0v) is 13.4. The number of aryl methyl sites for hydroxylation is 2. The average Bonchev–Trinajstić information content (AvgIpc) is 2.50. The highest BCUT2D eigenvalue weighted by Gasteiger charge is 2.13. The predicted octanol–water partition coefficient (Wildman–Crippen LogP) is 3.69. The van der Waals surface area contributed by atoms with Gasteiger partial charge in [-0.15, -0.1) is 0 Å². The number of hydrogen-bond acceptors (Lipinski definition) is 2. The lowest BCUT2D eigenvalue weighted by Gasteiger charge is -2.20. The first-order valence-corrected chi connectivity index (χ1v) is 7.50. The Labute approximate surface area is 128 Å². The van der Waals surface area contributed by atoms with Gasteiger partial charge in [0.1, 0.15) is 5.75 Å². The zero-order chi connectivity index (χ0) is 15.2. The molecule has 1 atom stereocenters. The molecule has 0 fully saturated rings. The number of benzene rings is 2. The number of ether oxygens (including phenoxy) is 1. The van der Waals surface area contributed by atoms with Gasteiger partial charge in [0.2, 0.25) is 0 Å². The molecule has 0 saturated heterocycles. The standard InChI is InChI=1S/C19H25NO/c1-14-8-7-9-15(2)18(14)13-17(20-3)12-16-10-5-6-11-19(16)21-4/h5-11,17,20H,12-13H2,1-4H3. The van der Waals surface area contributed by atoms with Crippen molar-refractivity contribution in [2.45, 2.75) is 32.7 Å². The van der Waals surface area contributed by atoms with E-state index in [1.807, 2.05) is 19.2 Å². The monoisotopic (exact) mass is 283 g/mol. The largest absolute Gasteiger partial charge is 0.496 e. The summed E-state index contributed by atoms with van der Waals surface area (Å²) in [7, 11) is 3.77. The molecule has 2 heteroatoms. The van der Waals surface area contributed by atoms with Crippen molar-refractivity contribution in [2.75, 3.05) is 14.2 Å². The SMILES string of the molecule is CNC(Cc1ccccc1OC)Cc1c(C)cccc1C. The first-order valence-electron chi connectivity index (χ1n) is 7.50. The van der Waals surface area contributed by atoms with E-state index >= 15 is 0 Å². The van der Waals surface area contributed by atoms with Gasteiger partial charge in [0.15, 0.2) is 0 Å². The summed E-state index contributed by atoms with van der Waals surface area (Å²) < 4.78 is 5.46. The van der Waals surface area contributed by atoms with E-state index in [-0.39, 0.29) is 0 Å². The Hall–Kier alpha value is -1.80. The van der Waals surface area contributed by atoms with Gasteiger partial charge in [-0.1, -0.05) is 36.4 Å². The smallest absolute Gasteiger partial charge is 0.122 e. The van der Waals surface area contributed by atoms with E-state index in [0.29, 0.717) is 6.04 Å². The number of likely N-dealkylation sites (N-methyl/N-ethyl adjacent to an activating group) is 1. The topological polar surface area (TPSA) is 21.3 Å². The molecule has 21 heavy (non-hydrogen) atoms. The van der Waals surface area contributed by atoms with Crippen LogP contribution in [-0.4, -0.2) is 20.2 Å². The summed E-state index contributed by atoms with van der Waals surface area (Å²) in [5, 5.41) is 3.45. The van der Waals surface area contributed by atoms with E-state index in [2.05, 4.69) is 49.5 Å². The molecule has 1 unspecified atom stereocenters. The summed E-state index contributed by atoms with van der Waals surface area (Å²) in [5.41, 5.74) is 5.45. The molecular weight excluding hydrogens is 258 g/mol. The van der Waals surface area contributed by atoms with Crippen LogP contribution in [0.2, 0.25) is 0 Å². The second-order valence-corrected chi connectivity index (χ2v) is 5.58. The van der Waals surface area contributed by atoms with Gasteiger partial charge in [0.05, 0.1) is 7.11 Å². The van der Waals surface area contributed by atoms with E-state index in [1.54, 1.807) is 7.11 Å². The molecule has 0 aliphatic rings. The molecule has 0 heterocycles. The van der Waals surface area contributed by atoms with Crippen LogP contribution < -0.4 is 10.1 Å². The number of para-hydroxylation sites is 1. The molecule has 2 aromatic carbocycles. The van der Waals surface area contributed by atoms with Crippen molar-refractivity contribution in [3.63, 3.8) is 0 Å². The lowest BCUT2D eigenvalue weighted by molar-refractivity contribution is 0.406. The van der Waals surface area contributed by atoms with Gasteiger partial charge in [-0.05, 0) is 62.1 Å². The van der Waals surface area contributed by atoms with Crippen LogP contribution in [0.4, 0.5) is 0 Å². The summed E-state index contributed by atoms with van der Waals surface area (Å²) in [4.78, 5) is 0. The number of methoxy groups -OCH3 is 1. The van der Waals surface area contributed by atoms with E-state index in [9.17, 15) is 0 Å². The maximum Gasteiger partial charge on any atom is 0.122 e. The van der Waals surface area contributed by atoms with Crippen molar-refractivity contribution in [2.24, 2.45) is 0 Å². The Kier molecular flexibility index (Phi) is 5.40. The average molecular weight is 283 g/mol. The van der Waals surface area contributed by atoms with Gasteiger partial charge in [0, 0.05) is 6.04 Å². The fourth-order valence-electron chi connectivity index (χ4n) is 2.83. The molecule has 1 N–H and O–H groups in total. The van der Waals surface area contributed by atoms with Crippen LogP contribution in [0, 0.1) is 13.8 Å². The molecule has 0 amide bonds. The van der Waals surface area contributed by atoms with Crippen LogP contribution in [0.15, 0.2) is 42.5 Å². The van der Waals surface area contributed by atoms with Gasteiger partial charge in [-0.2, -0.15) is 0 Å². The third-order valence-electron chi connectivity index (χ3n) is 4.16. The van der Waals surface area contributed by atoms with Crippen LogP contribution >= 0.6 is 0 Å². The molecule has 2 nitrogen and oxygen atoms in total. The predicted molar refractivity (Wildman–Crippen MR) is 89.2 cm³/mol. The number of rotatable bonds is 6. The Bertz CT molecular complexity index is 572. The van der Waals surface area contributed by atoms with Crippen LogP contribution in [0.3, 0.4) is 0 Å². The zero-order valence-electron chi connectivity index (χ0n) is 13.4. The van der Waals surface area contributed by atoms with Crippen molar-refractivity contribution in [1.29, 1.82) is 0 Å². The van der Waals surface area contributed by atoms with Crippen LogP contribution in [0.25, 0.3) is 0 Å². The Balaban J connectivity index is 2.17. The third-order valence-corrected chi connectivity index (χ3v) is 4.16. The van der Waals surface area contributed by atoms with Crippen molar-refractivity contribution in [3.8, 4) is 5.75 Å². The highest BCUT2D eigenvalue weighted by molar-refractivity contribution is 5.36. The minimum absolute atomic E-state index is 0.404. The summed E-state index contributed by atoms with van der Waals surface area (Å²) in [5.74, 6) is 0.972. The van der Waals surface area contributed by atoms with E-state index < -0.39 is 0 Å². The van der Waals surface area contributed by atoms with Crippen molar-refractivity contribution in [1.82, 2.24) is 5.32 Å². The summed E-state index contributed by atoms with van der Waals surface area (Å²) in [6.45, 7) is 4.39. The molecule has 2 aromatic rings. The molecule has 0 bridgehead atoms. The molecule has 0 saturated carbocycles. The van der Waals surface area contributed by atoms with Gasteiger partial charge >= 0.3 is 0 Å². The molecular formula is C19H25NO. The Morgan fingerprint density at radius 1 is 0.952 bits per heavy atom. The summed E-state index contributed by atoms with van der Waals surface area (Å²) >= 11 is 0. The lowest BCUT2D eigenvalue weighted by atomic mass is 9.93. The van der Waals surface area contributed by atoms with Crippen molar-refractivity contribution >= 4 is 0 Å².